The molecular formula is C69H138NO8P. The second kappa shape index (κ2) is 66.2. The first-order valence-electron chi connectivity index (χ1n) is 35.5. The van der Waals surface area contributed by atoms with Gasteiger partial charge in [-0.3, -0.25) is 18.6 Å². The van der Waals surface area contributed by atoms with Gasteiger partial charge in [0.15, 0.2) is 6.10 Å². The predicted octanol–water partition coefficient (Wildman–Crippen LogP) is 23.0. The predicted molar refractivity (Wildman–Crippen MR) is 340 cm³/mol. The van der Waals surface area contributed by atoms with E-state index in [1.54, 1.807) is 0 Å². The maximum Gasteiger partial charge on any atom is 0.472 e. The molecule has 0 radical (unpaired) electrons. The van der Waals surface area contributed by atoms with Crippen LogP contribution in [0.1, 0.15) is 399 Å². The lowest BCUT2D eigenvalue weighted by Gasteiger charge is -2.19. The average molecular weight is 1140 g/mol. The molecule has 9 nitrogen and oxygen atoms in total. The van der Waals surface area contributed by atoms with E-state index in [-0.39, 0.29) is 32.1 Å². The highest BCUT2D eigenvalue weighted by Crippen LogP contribution is 2.43. The van der Waals surface area contributed by atoms with Crippen LogP contribution in [0.5, 0.6) is 0 Å². The van der Waals surface area contributed by atoms with Crippen LogP contribution in [-0.2, 0) is 32.7 Å². The number of rotatable bonds is 69. The van der Waals surface area contributed by atoms with E-state index in [4.69, 9.17) is 24.3 Å². The zero-order valence-corrected chi connectivity index (χ0v) is 54.1. The van der Waals surface area contributed by atoms with Gasteiger partial charge in [0, 0.05) is 19.4 Å². The van der Waals surface area contributed by atoms with E-state index in [2.05, 4.69) is 13.8 Å². The molecule has 0 amide bonds. The summed E-state index contributed by atoms with van der Waals surface area (Å²) in [6, 6.07) is 0. The zero-order chi connectivity index (χ0) is 57.3. The highest BCUT2D eigenvalue weighted by molar-refractivity contribution is 7.47. The summed E-state index contributed by atoms with van der Waals surface area (Å²) in [6.45, 7) is 3.84. The van der Waals surface area contributed by atoms with Gasteiger partial charge in [0.05, 0.1) is 13.2 Å². The van der Waals surface area contributed by atoms with E-state index >= 15 is 0 Å². The molecule has 0 saturated heterocycles. The first kappa shape index (κ1) is 78.0. The Morgan fingerprint density at radius 3 is 0.772 bits per heavy atom. The summed E-state index contributed by atoms with van der Waals surface area (Å²) in [6.07, 6.45) is 77.9. The minimum Gasteiger partial charge on any atom is -0.462 e. The minimum absolute atomic E-state index is 0.0588. The van der Waals surface area contributed by atoms with Gasteiger partial charge < -0.3 is 20.1 Å². The molecule has 79 heavy (non-hydrogen) atoms. The molecule has 2 unspecified atom stereocenters. The van der Waals surface area contributed by atoms with Gasteiger partial charge in [0.1, 0.15) is 6.61 Å². The fraction of sp³-hybridized carbons (Fsp3) is 0.971. The summed E-state index contributed by atoms with van der Waals surface area (Å²) in [7, 11) is -4.38. The molecular weight excluding hydrogens is 1000 g/mol. The Morgan fingerprint density at radius 2 is 0.544 bits per heavy atom. The maximum absolute atomic E-state index is 12.8. The first-order valence-corrected chi connectivity index (χ1v) is 37.0. The molecule has 3 N–H and O–H groups in total. The van der Waals surface area contributed by atoms with E-state index in [0.717, 1.165) is 32.1 Å². The molecule has 2 atom stereocenters. The standard InChI is InChI=1S/C69H138NO8P/c1-3-5-7-9-11-13-15-17-19-21-23-25-27-28-29-30-31-32-33-34-35-36-37-38-39-40-42-44-46-48-50-52-54-56-58-60-62-69(72)78-67(66-77-79(73,74)76-64-63-70)65-75-68(71)61-59-57-55-53-51-49-47-45-43-41-26-24-22-20-18-16-14-12-10-8-6-4-2/h67H,3-66,70H2,1-2H3,(H,73,74). The van der Waals surface area contributed by atoms with Gasteiger partial charge in [-0.25, -0.2) is 4.57 Å². The lowest BCUT2D eigenvalue weighted by atomic mass is 10.0. The number of carbonyl (C=O) groups excluding carboxylic acids is 2. The molecule has 0 aliphatic rings. The highest BCUT2D eigenvalue weighted by atomic mass is 31.2. The molecule has 472 valence electrons. The lowest BCUT2D eigenvalue weighted by Crippen LogP contribution is -2.29. The van der Waals surface area contributed by atoms with Crippen LogP contribution < -0.4 is 5.73 Å². The summed E-state index contributed by atoms with van der Waals surface area (Å²) < 4.78 is 33.2. The molecule has 0 heterocycles. The van der Waals surface area contributed by atoms with Crippen molar-refractivity contribution in [1.29, 1.82) is 0 Å². The summed E-state index contributed by atoms with van der Waals surface area (Å²) in [5.41, 5.74) is 5.40. The number of unbranched alkanes of at least 4 members (excludes halogenated alkanes) is 56. The quantitative estimate of drug-likeness (QED) is 0.0347. The average Bonchev–Trinajstić information content (AvgIpc) is 3.44. The van der Waals surface area contributed by atoms with Crippen LogP contribution >= 0.6 is 7.82 Å². The third-order valence-corrected chi connectivity index (χ3v) is 17.5. The summed E-state index contributed by atoms with van der Waals surface area (Å²) in [5, 5.41) is 0. The third kappa shape index (κ3) is 66.0. The van der Waals surface area contributed by atoms with Crippen LogP contribution in [0.2, 0.25) is 0 Å². The monoisotopic (exact) mass is 1140 g/mol. The Morgan fingerprint density at radius 1 is 0.329 bits per heavy atom. The van der Waals surface area contributed by atoms with Gasteiger partial charge in [-0.1, -0.05) is 373 Å². The van der Waals surface area contributed by atoms with Crippen LogP contribution in [0, 0.1) is 0 Å². The smallest absolute Gasteiger partial charge is 0.462 e. The number of hydrogen-bond acceptors (Lipinski definition) is 8. The Balaban J connectivity index is 3.75. The second-order valence-electron chi connectivity index (χ2n) is 24.5. The summed E-state index contributed by atoms with van der Waals surface area (Å²) in [4.78, 5) is 35.3. The highest BCUT2D eigenvalue weighted by Gasteiger charge is 2.26. The van der Waals surface area contributed by atoms with Crippen molar-refractivity contribution in [3.63, 3.8) is 0 Å². The van der Waals surface area contributed by atoms with Gasteiger partial charge >= 0.3 is 19.8 Å². The van der Waals surface area contributed by atoms with Crippen molar-refractivity contribution in [2.75, 3.05) is 26.4 Å². The van der Waals surface area contributed by atoms with E-state index < -0.39 is 26.5 Å². The minimum atomic E-state index is -4.38. The van der Waals surface area contributed by atoms with E-state index in [1.807, 2.05) is 0 Å². The van der Waals surface area contributed by atoms with E-state index in [0.29, 0.717) is 12.8 Å². The number of nitrogens with two attached hydrogens (primary N) is 1. The number of carbonyl (C=O) groups is 2. The number of ether oxygens (including phenoxy) is 2. The van der Waals surface area contributed by atoms with Crippen LogP contribution in [0.15, 0.2) is 0 Å². The molecule has 10 heteroatoms. The number of esters is 2. The topological polar surface area (TPSA) is 134 Å². The van der Waals surface area contributed by atoms with E-state index in [9.17, 15) is 19.0 Å². The lowest BCUT2D eigenvalue weighted by molar-refractivity contribution is -0.161. The second-order valence-corrected chi connectivity index (χ2v) is 25.9. The normalized spacial score (nSPS) is 12.8. The molecule has 0 aromatic heterocycles. The van der Waals surface area contributed by atoms with Gasteiger partial charge in [-0.15, -0.1) is 0 Å². The Bertz CT molecular complexity index is 1250. The first-order chi connectivity index (χ1) is 38.8. The van der Waals surface area contributed by atoms with Crippen molar-refractivity contribution in [1.82, 2.24) is 0 Å². The van der Waals surface area contributed by atoms with Crippen LogP contribution in [0.3, 0.4) is 0 Å². The van der Waals surface area contributed by atoms with Crippen LogP contribution in [-0.4, -0.2) is 49.3 Å². The Hall–Kier alpha value is -0.990. The van der Waals surface area contributed by atoms with Crippen LogP contribution in [0.4, 0.5) is 0 Å². The number of phosphoric acid groups is 1. The molecule has 0 saturated carbocycles. The third-order valence-electron chi connectivity index (χ3n) is 16.5. The van der Waals surface area contributed by atoms with Gasteiger partial charge in [0.2, 0.25) is 0 Å². The summed E-state index contributed by atoms with van der Waals surface area (Å²) >= 11 is 0. The van der Waals surface area contributed by atoms with Crippen molar-refractivity contribution in [2.45, 2.75) is 405 Å². The molecule has 0 fully saturated rings. The van der Waals surface area contributed by atoms with Crippen molar-refractivity contribution >= 4 is 19.8 Å². The summed E-state index contributed by atoms with van der Waals surface area (Å²) in [5.74, 6) is -0.798. The van der Waals surface area contributed by atoms with Crippen LogP contribution in [0.25, 0.3) is 0 Å². The molecule has 0 rings (SSSR count). The molecule has 0 aromatic carbocycles. The van der Waals surface area contributed by atoms with Gasteiger partial charge in [-0.2, -0.15) is 0 Å². The SMILES string of the molecule is CCCCCCCCCCCCCCCCCCCCCCCCCCCCCCCCCCCCCCC(=O)OC(COC(=O)CCCCCCCCCCCCCCCCCCCCCCCC)COP(=O)(O)OCCN. The van der Waals surface area contributed by atoms with Crippen molar-refractivity contribution in [3.05, 3.63) is 0 Å². The fourth-order valence-corrected chi connectivity index (χ4v) is 12.0. The maximum atomic E-state index is 12.8. The molecule has 0 spiro atoms. The largest absolute Gasteiger partial charge is 0.472 e. The van der Waals surface area contributed by atoms with Gasteiger partial charge in [-0.05, 0) is 12.8 Å². The van der Waals surface area contributed by atoms with Crippen molar-refractivity contribution < 1.29 is 37.6 Å². The Kier molecular flexibility index (Phi) is 65.3. The molecule has 0 bridgehead atoms. The molecule has 0 aromatic rings. The molecule has 0 aliphatic carbocycles. The van der Waals surface area contributed by atoms with Crippen molar-refractivity contribution in [2.24, 2.45) is 5.73 Å². The zero-order valence-electron chi connectivity index (χ0n) is 53.2. The fourth-order valence-electron chi connectivity index (χ4n) is 11.2. The van der Waals surface area contributed by atoms with E-state index in [1.165, 1.54) is 334 Å². The Labute approximate surface area is 492 Å². The number of hydrogen-bond donors (Lipinski definition) is 2. The molecule has 0 aliphatic heterocycles. The van der Waals surface area contributed by atoms with Gasteiger partial charge in [0.25, 0.3) is 0 Å². The number of phosphoric ester groups is 1. The van der Waals surface area contributed by atoms with Crippen molar-refractivity contribution in [3.8, 4) is 0 Å².